The molecule has 9 nitrogen and oxygen atoms in total. The summed E-state index contributed by atoms with van der Waals surface area (Å²) in [6.45, 7) is 7.04. The number of aryl methyl sites for hydroxylation is 2. The van der Waals surface area contributed by atoms with E-state index in [2.05, 4.69) is 9.84 Å². The van der Waals surface area contributed by atoms with Crippen LogP contribution in [-0.2, 0) is 25.6 Å². The number of methoxy groups -OCH3 is 1. The molecule has 0 spiro atoms. The summed E-state index contributed by atoms with van der Waals surface area (Å²) in [4.78, 5) is 34.1. The summed E-state index contributed by atoms with van der Waals surface area (Å²) in [6.07, 6.45) is -0.633. The van der Waals surface area contributed by atoms with Crippen LogP contribution in [0.5, 0.6) is 0 Å². The Hall–Kier alpha value is -2.45. The molecule has 0 unspecified atom stereocenters. The van der Waals surface area contributed by atoms with E-state index in [1.165, 1.54) is 18.7 Å². The molecule has 0 amide bonds. The van der Waals surface area contributed by atoms with E-state index in [0.717, 1.165) is 0 Å². The number of nitro groups is 1. The van der Waals surface area contributed by atoms with E-state index in [-0.39, 0.29) is 30.3 Å². The fourth-order valence-electron chi connectivity index (χ4n) is 2.34. The molecule has 1 aromatic rings. The van der Waals surface area contributed by atoms with Gasteiger partial charge in [-0.05, 0) is 26.2 Å². The van der Waals surface area contributed by atoms with Crippen molar-refractivity contribution in [3.8, 4) is 0 Å². The highest BCUT2D eigenvalue weighted by atomic mass is 16.6. The maximum Gasteiger partial charge on any atom is 0.347 e. The number of aromatic nitrogens is 2. The second-order valence-electron chi connectivity index (χ2n) is 5.88. The van der Waals surface area contributed by atoms with Gasteiger partial charge in [0.1, 0.15) is 11.4 Å². The standard InChI is InChI=1S/C15H23N3O6/c1-9(2)8-12(15(20)23-5)24-13(19)6-7-17-11(4)14(18(21)22)10(3)16-17/h9,12H,6-8H2,1-5H3/t12-/m1/s1. The van der Waals surface area contributed by atoms with Crippen molar-refractivity contribution >= 4 is 17.6 Å². The van der Waals surface area contributed by atoms with Gasteiger partial charge in [0.05, 0.1) is 25.0 Å². The SMILES string of the molecule is COC(=O)[C@@H](CC(C)C)OC(=O)CCn1nc(C)c([N+](=O)[O-])c1C. The van der Waals surface area contributed by atoms with Gasteiger partial charge in [-0.2, -0.15) is 5.10 Å². The van der Waals surface area contributed by atoms with Crippen LogP contribution in [-0.4, -0.2) is 39.9 Å². The lowest BCUT2D eigenvalue weighted by Crippen LogP contribution is -2.30. The van der Waals surface area contributed by atoms with Gasteiger partial charge in [0.2, 0.25) is 0 Å². The molecule has 24 heavy (non-hydrogen) atoms. The number of carbonyl (C=O) groups excluding carboxylic acids is 2. The average Bonchev–Trinajstić information content (AvgIpc) is 2.77. The third-order valence-corrected chi connectivity index (χ3v) is 3.48. The molecule has 0 aliphatic heterocycles. The maximum atomic E-state index is 12.0. The molecule has 0 radical (unpaired) electrons. The molecule has 0 aliphatic rings. The topological polar surface area (TPSA) is 114 Å². The molecule has 1 rings (SSSR count). The number of rotatable bonds is 8. The summed E-state index contributed by atoms with van der Waals surface area (Å²) < 4.78 is 11.2. The quantitative estimate of drug-likeness (QED) is 0.403. The van der Waals surface area contributed by atoms with Gasteiger partial charge >= 0.3 is 17.6 Å². The Morgan fingerprint density at radius 1 is 1.33 bits per heavy atom. The maximum absolute atomic E-state index is 12.0. The average molecular weight is 341 g/mol. The molecule has 0 aliphatic carbocycles. The van der Waals surface area contributed by atoms with Crippen LogP contribution in [0.3, 0.4) is 0 Å². The van der Waals surface area contributed by atoms with Crippen molar-refractivity contribution in [2.45, 2.75) is 53.2 Å². The molecule has 9 heteroatoms. The van der Waals surface area contributed by atoms with Crippen LogP contribution in [0.25, 0.3) is 0 Å². The zero-order valence-electron chi connectivity index (χ0n) is 14.6. The molecule has 0 saturated carbocycles. The second-order valence-corrected chi connectivity index (χ2v) is 5.88. The van der Waals surface area contributed by atoms with E-state index in [4.69, 9.17) is 4.74 Å². The van der Waals surface area contributed by atoms with Gasteiger partial charge in [0.15, 0.2) is 6.10 Å². The number of hydrogen-bond donors (Lipinski definition) is 0. The zero-order valence-corrected chi connectivity index (χ0v) is 14.6. The van der Waals surface area contributed by atoms with E-state index in [0.29, 0.717) is 12.1 Å². The molecule has 1 aromatic heterocycles. The number of nitrogens with zero attached hydrogens (tertiary/aromatic N) is 3. The van der Waals surface area contributed by atoms with Crippen molar-refractivity contribution in [2.75, 3.05) is 7.11 Å². The van der Waals surface area contributed by atoms with Crippen molar-refractivity contribution in [1.29, 1.82) is 0 Å². The monoisotopic (exact) mass is 341 g/mol. The Balaban J connectivity index is 2.70. The summed E-state index contributed by atoms with van der Waals surface area (Å²) in [7, 11) is 1.23. The van der Waals surface area contributed by atoms with Crippen molar-refractivity contribution in [1.82, 2.24) is 9.78 Å². The van der Waals surface area contributed by atoms with Gasteiger partial charge < -0.3 is 9.47 Å². The van der Waals surface area contributed by atoms with Crippen LogP contribution in [0.15, 0.2) is 0 Å². The van der Waals surface area contributed by atoms with E-state index >= 15 is 0 Å². The minimum atomic E-state index is -0.947. The number of ether oxygens (including phenoxy) is 2. The molecule has 1 atom stereocenters. The lowest BCUT2D eigenvalue weighted by atomic mass is 10.1. The Morgan fingerprint density at radius 3 is 2.42 bits per heavy atom. The minimum Gasteiger partial charge on any atom is -0.466 e. The smallest absolute Gasteiger partial charge is 0.347 e. The predicted molar refractivity (Wildman–Crippen MR) is 84.3 cm³/mol. The van der Waals surface area contributed by atoms with E-state index in [9.17, 15) is 19.7 Å². The highest BCUT2D eigenvalue weighted by Crippen LogP contribution is 2.22. The molecule has 0 N–H and O–H groups in total. The molecular weight excluding hydrogens is 318 g/mol. The molecule has 0 aromatic carbocycles. The fourth-order valence-corrected chi connectivity index (χ4v) is 2.34. The van der Waals surface area contributed by atoms with Crippen molar-refractivity contribution in [3.05, 3.63) is 21.5 Å². The Morgan fingerprint density at radius 2 is 1.96 bits per heavy atom. The highest BCUT2D eigenvalue weighted by molar-refractivity contribution is 5.79. The normalized spacial score (nSPS) is 12.1. The summed E-state index contributed by atoms with van der Waals surface area (Å²) in [6, 6.07) is 0. The van der Waals surface area contributed by atoms with Gasteiger partial charge in [-0.25, -0.2) is 4.79 Å². The molecule has 0 saturated heterocycles. The molecule has 134 valence electrons. The molecule has 1 heterocycles. The zero-order chi connectivity index (χ0) is 18.4. The van der Waals surface area contributed by atoms with Crippen molar-refractivity contribution in [2.24, 2.45) is 5.92 Å². The first-order chi connectivity index (χ1) is 11.2. The lowest BCUT2D eigenvalue weighted by molar-refractivity contribution is -0.386. The second kappa shape index (κ2) is 8.42. The van der Waals surface area contributed by atoms with Crippen LogP contribution < -0.4 is 0 Å². The van der Waals surface area contributed by atoms with Gasteiger partial charge in [-0.1, -0.05) is 13.8 Å². The third kappa shape index (κ3) is 5.04. The molecule has 0 fully saturated rings. The van der Waals surface area contributed by atoms with Gasteiger partial charge in [0, 0.05) is 0 Å². The minimum absolute atomic E-state index is 0.0509. The number of carbonyl (C=O) groups is 2. The Kier molecular flexibility index (Phi) is 6.87. The highest BCUT2D eigenvalue weighted by Gasteiger charge is 2.26. The number of hydrogen-bond acceptors (Lipinski definition) is 7. The first-order valence-electron chi connectivity index (χ1n) is 7.63. The van der Waals surface area contributed by atoms with Crippen molar-refractivity contribution in [3.63, 3.8) is 0 Å². The molecular formula is C15H23N3O6. The first-order valence-corrected chi connectivity index (χ1v) is 7.63. The lowest BCUT2D eigenvalue weighted by Gasteiger charge is -2.17. The van der Waals surface area contributed by atoms with Crippen molar-refractivity contribution < 1.29 is 24.0 Å². The van der Waals surface area contributed by atoms with Gasteiger partial charge in [-0.3, -0.25) is 19.6 Å². The third-order valence-electron chi connectivity index (χ3n) is 3.48. The summed E-state index contributed by atoms with van der Waals surface area (Å²) in [5.41, 5.74) is 0.603. The van der Waals surface area contributed by atoms with Crippen LogP contribution in [0.2, 0.25) is 0 Å². The number of esters is 2. The van der Waals surface area contributed by atoms with E-state index < -0.39 is 23.0 Å². The summed E-state index contributed by atoms with van der Waals surface area (Å²) in [5, 5.41) is 15.0. The van der Waals surface area contributed by atoms with Crippen LogP contribution in [0, 0.1) is 29.9 Å². The van der Waals surface area contributed by atoms with Crippen LogP contribution in [0.1, 0.15) is 38.1 Å². The van der Waals surface area contributed by atoms with Gasteiger partial charge in [0.25, 0.3) is 0 Å². The predicted octanol–water partition coefficient (Wildman–Crippen LogP) is 1.93. The molecule has 0 bridgehead atoms. The van der Waals surface area contributed by atoms with Crippen LogP contribution in [0.4, 0.5) is 5.69 Å². The Labute approximate surface area is 140 Å². The van der Waals surface area contributed by atoms with E-state index in [1.54, 1.807) is 6.92 Å². The van der Waals surface area contributed by atoms with Gasteiger partial charge in [-0.15, -0.1) is 0 Å². The largest absolute Gasteiger partial charge is 0.466 e. The van der Waals surface area contributed by atoms with E-state index in [1.807, 2.05) is 13.8 Å². The first kappa shape index (κ1) is 19.6. The summed E-state index contributed by atoms with van der Waals surface area (Å²) >= 11 is 0. The summed E-state index contributed by atoms with van der Waals surface area (Å²) in [5.74, 6) is -1.03. The Bertz CT molecular complexity index is 623. The fraction of sp³-hybridized carbons (Fsp3) is 0.667. The van der Waals surface area contributed by atoms with Crippen LogP contribution >= 0.6 is 0 Å².